The summed E-state index contributed by atoms with van der Waals surface area (Å²) in [5, 5.41) is 0. The van der Waals surface area contributed by atoms with E-state index in [1.807, 2.05) is 0 Å². The van der Waals surface area contributed by atoms with Gasteiger partial charge in [0.25, 0.3) is 0 Å². The van der Waals surface area contributed by atoms with Crippen molar-refractivity contribution in [3.05, 3.63) is 0 Å². The molecular weight excluding hydrogens is 232 g/mol. The minimum atomic E-state index is 0.580. The monoisotopic (exact) mass is 266 g/mol. The summed E-state index contributed by atoms with van der Waals surface area (Å²) in [6, 6.07) is 0. The molecule has 1 nitrogen and oxygen atoms in total. The van der Waals surface area contributed by atoms with Crippen molar-refractivity contribution < 1.29 is 4.74 Å². The molecule has 112 valence electrons. The van der Waals surface area contributed by atoms with Crippen molar-refractivity contribution in [1.82, 2.24) is 0 Å². The van der Waals surface area contributed by atoms with Crippen LogP contribution in [-0.4, -0.2) is 12.7 Å². The Bertz CT molecular complexity index is 246. The molecule has 2 fully saturated rings. The Labute approximate surface area is 120 Å². The van der Waals surface area contributed by atoms with E-state index in [1.54, 1.807) is 0 Å². The van der Waals surface area contributed by atoms with Gasteiger partial charge in [-0.2, -0.15) is 0 Å². The van der Waals surface area contributed by atoms with Gasteiger partial charge in [0.2, 0.25) is 0 Å². The molecule has 1 heteroatoms. The lowest BCUT2D eigenvalue weighted by Gasteiger charge is -2.32. The van der Waals surface area contributed by atoms with E-state index in [0.717, 1.165) is 12.5 Å². The SMILES string of the molecule is CC1(C)CCCCCCC2OCCCC2CCCC1. The first-order valence-electron chi connectivity index (χ1n) is 8.79. The highest BCUT2D eigenvalue weighted by Gasteiger charge is 2.26. The minimum Gasteiger partial charge on any atom is -0.378 e. The van der Waals surface area contributed by atoms with Gasteiger partial charge in [-0.3, -0.25) is 0 Å². The average molecular weight is 266 g/mol. The normalized spacial score (nSPS) is 34.4. The number of fused-ring (bicyclic) bond motifs is 1. The van der Waals surface area contributed by atoms with E-state index in [2.05, 4.69) is 13.8 Å². The van der Waals surface area contributed by atoms with Crippen LogP contribution in [0.15, 0.2) is 0 Å². The first-order valence-corrected chi connectivity index (χ1v) is 8.79. The molecule has 0 bridgehead atoms. The Morgan fingerprint density at radius 1 is 0.737 bits per heavy atom. The lowest BCUT2D eigenvalue weighted by molar-refractivity contribution is -0.0352. The summed E-state index contributed by atoms with van der Waals surface area (Å²) in [5.41, 5.74) is 0.580. The number of hydrogen-bond donors (Lipinski definition) is 0. The van der Waals surface area contributed by atoms with Gasteiger partial charge in [-0.05, 0) is 49.9 Å². The minimum absolute atomic E-state index is 0.580. The van der Waals surface area contributed by atoms with E-state index in [1.165, 1.54) is 77.0 Å². The van der Waals surface area contributed by atoms with Gasteiger partial charge in [0.05, 0.1) is 6.10 Å². The Balaban J connectivity index is 1.85. The lowest BCUT2D eigenvalue weighted by atomic mass is 9.81. The van der Waals surface area contributed by atoms with Crippen molar-refractivity contribution in [3.63, 3.8) is 0 Å². The van der Waals surface area contributed by atoms with Crippen LogP contribution in [0.1, 0.15) is 90.9 Å². The molecule has 1 aliphatic carbocycles. The van der Waals surface area contributed by atoms with Crippen LogP contribution >= 0.6 is 0 Å². The Hall–Kier alpha value is -0.0400. The quantitative estimate of drug-likeness (QED) is 0.544. The van der Waals surface area contributed by atoms with Gasteiger partial charge in [0.15, 0.2) is 0 Å². The van der Waals surface area contributed by atoms with Crippen molar-refractivity contribution in [2.45, 2.75) is 97.0 Å². The van der Waals surface area contributed by atoms with Gasteiger partial charge in [-0.15, -0.1) is 0 Å². The second-order valence-electron chi connectivity index (χ2n) is 7.67. The standard InChI is InChI=1S/C18H34O/c1-18(2)13-7-4-3-5-12-17-16(10-6-8-14-18)11-9-15-19-17/h16-17H,3-15H2,1-2H3. The van der Waals surface area contributed by atoms with Crippen molar-refractivity contribution in [2.24, 2.45) is 11.3 Å². The van der Waals surface area contributed by atoms with E-state index in [-0.39, 0.29) is 0 Å². The Kier molecular flexibility index (Phi) is 6.19. The molecular formula is C18H34O. The van der Waals surface area contributed by atoms with E-state index in [9.17, 15) is 0 Å². The van der Waals surface area contributed by atoms with Gasteiger partial charge in [0.1, 0.15) is 0 Å². The van der Waals surface area contributed by atoms with Crippen LogP contribution in [0, 0.1) is 11.3 Å². The van der Waals surface area contributed by atoms with E-state index >= 15 is 0 Å². The van der Waals surface area contributed by atoms with Crippen LogP contribution in [0.3, 0.4) is 0 Å². The molecule has 2 aliphatic rings. The van der Waals surface area contributed by atoms with E-state index in [0.29, 0.717) is 11.5 Å². The predicted molar refractivity (Wildman–Crippen MR) is 82.4 cm³/mol. The molecule has 0 aromatic carbocycles. The fourth-order valence-corrected chi connectivity index (χ4v) is 3.99. The molecule has 1 heterocycles. The summed E-state index contributed by atoms with van der Waals surface area (Å²) < 4.78 is 6.06. The van der Waals surface area contributed by atoms with Crippen molar-refractivity contribution in [1.29, 1.82) is 0 Å². The zero-order chi connectivity index (χ0) is 13.6. The third kappa shape index (κ3) is 5.45. The summed E-state index contributed by atoms with van der Waals surface area (Å²) >= 11 is 0. The zero-order valence-electron chi connectivity index (χ0n) is 13.3. The van der Waals surface area contributed by atoms with Gasteiger partial charge in [-0.1, -0.05) is 52.4 Å². The number of hydrogen-bond acceptors (Lipinski definition) is 1. The fraction of sp³-hybridized carbons (Fsp3) is 1.00. The lowest BCUT2D eigenvalue weighted by Crippen LogP contribution is -2.29. The maximum absolute atomic E-state index is 6.06. The Morgan fingerprint density at radius 3 is 2.21 bits per heavy atom. The van der Waals surface area contributed by atoms with Crippen LogP contribution in [-0.2, 0) is 4.74 Å². The molecule has 2 atom stereocenters. The highest BCUT2D eigenvalue weighted by molar-refractivity contribution is 4.76. The first kappa shape index (κ1) is 15.4. The predicted octanol–water partition coefficient (Wildman–Crippen LogP) is 5.72. The maximum Gasteiger partial charge on any atom is 0.0603 e. The van der Waals surface area contributed by atoms with E-state index < -0.39 is 0 Å². The van der Waals surface area contributed by atoms with Gasteiger partial charge >= 0.3 is 0 Å². The highest BCUT2D eigenvalue weighted by Crippen LogP contribution is 2.34. The number of rotatable bonds is 0. The second kappa shape index (κ2) is 7.67. The topological polar surface area (TPSA) is 9.23 Å². The Morgan fingerprint density at radius 2 is 1.37 bits per heavy atom. The molecule has 2 rings (SSSR count). The molecule has 0 spiro atoms. The molecule has 0 radical (unpaired) electrons. The largest absolute Gasteiger partial charge is 0.378 e. The molecule has 2 unspecified atom stereocenters. The van der Waals surface area contributed by atoms with Crippen LogP contribution in [0.25, 0.3) is 0 Å². The fourth-order valence-electron chi connectivity index (χ4n) is 3.99. The smallest absolute Gasteiger partial charge is 0.0603 e. The van der Waals surface area contributed by atoms with Crippen molar-refractivity contribution in [3.8, 4) is 0 Å². The first-order chi connectivity index (χ1) is 9.17. The van der Waals surface area contributed by atoms with Crippen LogP contribution in [0.5, 0.6) is 0 Å². The third-order valence-electron chi connectivity index (χ3n) is 5.35. The summed E-state index contributed by atoms with van der Waals surface area (Å²) in [7, 11) is 0. The van der Waals surface area contributed by atoms with Crippen LogP contribution in [0.4, 0.5) is 0 Å². The average Bonchev–Trinajstić information content (AvgIpc) is 2.40. The number of ether oxygens (including phenoxy) is 1. The highest BCUT2D eigenvalue weighted by atomic mass is 16.5. The second-order valence-corrected chi connectivity index (χ2v) is 7.67. The molecule has 0 aromatic rings. The van der Waals surface area contributed by atoms with Crippen molar-refractivity contribution in [2.75, 3.05) is 6.61 Å². The molecule has 0 N–H and O–H groups in total. The summed E-state index contributed by atoms with van der Waals surface area (Å²) in [6.07, 6.45) is 17.4. The van der Waals surface area contributed by atoms with Gasteiger partial charge < -0.3 is 4.74 Å². The molecule has 19 heavy (non-hydrogen) atoms. The summed E-state index contributed by atoms with van der Waals surface area (Å²) in [6.45, 7) is 5.96. The molecule has 1 aliphatic heterocycles. The van der Waals surface area contributed by atoms with Gasteiger partial charge in [-0.25, -0.2) is 0 Å². The van der Waals surface area contributed by atoms with Crippen LogP contribution < -0.4 is 0 Å². The van der Waals surface area contributed by atoms with Crippen LogP contribution in [0.2, 0.25) is 0 Å². The van der Waals surface area contributed by atoms with Crippen molar-refractivity contribution >= 4 is 0 Å². The summed E-state index contributed by atoms with van der Waals surface area (Å²) in [5.74, 6) is 0.873. The summed E-state index contributed by atoms with van der Waals surface area (Å²) in [4.78, 5) is 0. The molecule has 1 saturated heterocycles. The van der Waals surface area contributed by atoms with E-state index in [4.69, 9.17) is 4.74 Å². The third-order valence-corrected chi connectivity index (χ3v) is 5.35. The molecule has 0 aromatic heterocycles. The molecule has 1 saturated carbocycles. The van der Waals surface area contributed by atoms with Gasteiger partial charge in [0, 0.05) is 6.61 Å². The zero-order valence-corrected chi connectivity index (χ0v) is 13.3. The molecule has 0 amide bonds. The maximum atomic E-state index is 6.06.